The van der Waals surface area contributed by atoms with Gasteiger partial charge in [0, 0.05) is 24.0 Å². The number of amides is 1. The number of likely N-dealkylation sites (N-methyl/N-ethyl adjacent to an activating group) is 1. The maximum atomic E-state index is 12.3. The third kappa shape index (κ3) is 3.14. The first-order valence-corrected chi connectivity index (χ1v) is 7.31. The number of halogens is 1. The van der Waals surface area contributed by atoms with Gasteiger partial charge in [-0.25, -0.2) is 0 Å². The molecule has 108 valence electrons. The summed E-state index contributed by atoms with van der Waals surface area (Å²) in [5.74, 6) is -0.125. The Morgan fingerprint density at radius 1 is 1.30 bits per heavy atom. The quantitative estimate of drug-likeness (QED) is 0.860. The Balaban J connectivity index is 2.06. The zero-order valence-electron chi connectivity index (χ0n) is 11.9. The predicted molar refractivity (Wildman–Crippen MR) is 83.4 cm³/mol. The van der Waals surface area contributed by atoms with Crippen LogP contribution >= 0.6 is 11.6 Å². The Kier molecular flexibility index (Phi) is 5.04. The molecule has 20 heavy (non-hydrogen) atoms. The van der Waals surface area contributed by atoms with Gasteiger partial charge < -0.3 is 15.2 Å². The van der Waals surface area contributed by atoms with Gasteiger partial charge in [-0.2, -0.15) is 0 Å². The highest BCUT2D eigenvalue weighted by molar-refractivity contribution is 6.35. The van der Waals surface area contributed by atoms with E-state index in [1.54, 1.807) is 0 Å². The highest BCUT2D eigenvalue weighted by Crippen LogP contribution is 2.25. The van der Waals surface area contributed by atoms with E-state index in [0.717, 1.165) is 30.5 Å². The fourth-order valence-electron chi connectivity index (χ4n) is 2.29. The summed E-state index contributed by atoms with van der Waals surface area (Å²) in [5, 5.41) is 4.19. The number of aromatic amines is 1. The second-order valence-electron chi connectivity index (χ2n) is 4.64. The van der Waals surface area contributed by atoms with Crippen LogP contribution < -0.4 is 5.32 Å². The van der Waals surface area contributed by atoms with Crippen molar-refractivity contribution in [3.63, 3.8) is 0 Å². The lowest BCUT2D eigenvalue weighted by atomic mass is 10.1. The zero-order valence-corrected chi connectivity index (χ0v) is 12.6. The van der Waals surface area contributed by atoms with E-state index in [1.165, 1.54) is 0 Å². The Hall–Kier alpha value is -1.52. The number of nitrogens with one attached hydrogen (secondary N) is 2. The molecule has 0 saturated carbocycles. The minimum atomic E-state index is -0.125. The van der Waals surface area contributed by atoms with E-state index >= 15 is 0 Å². The van der Waals surface area contributed by atoms with Gasteiger partial charge in [-0.15, -0.1) is 0 Å². The third-order valence-electron chi connectivity index (χ3n) is 3.50. The van der Waals surface area contributed by atoms with Crippen molar-refractivity contribution in [1.82, 2.24) is 15.2 Å². The predicted octanol–water partition coefficient (Wildman–Crippen LogP) is 2.89. The molecule has 0 atom stereocenters. The number of hydrogen-bond acceptors (Lipinski definition) is 2. The number of carbonyl (C=O) groups excluding carboxylic acids is 1. The molecule has 1 heterocycles. The zero-order chi connectivity index (χ0) is 14.5. The Labute approximate surface area is 124 Å². The molecule has 4 nitrogen and oxygen atoms in total. The van der Waals surface area contributed by atoms with E-state index in [-0.39, 0.29) is 5.91 Å². The van der Waals surface area contributed by atoms with Gasteiger partial charge in [-0.3, -0.25) is 4.79 Å². The molecule has 0 fully saturated rings. The summed E-state index contributed by atoms with van der Waals surface area (Å²) in [6, 6.07) is 7.63. The number of rotatable bonds is 6. The largest absolute Gasteiger partial charge is 0.351 e. The normalized spacial score (nSPS) is 11.2. The molecular weight excluding hydrogens is 274 g/mol. The first-order chi connectivity index (χ1) is 9.67. The minimum Gasteiger partial charge on any atom is -0.351 e. The minimum absolute atomic E-state index is 0.125. The molecule has 0 aliphatic carbocycles. The number of hydrogen-bond donors (Lipinski definition) is 2. The SMILES string of the molecule is CCN(CC)CCNC(=O)c1c(Cl)[nH]c2ccccc12. The summed E-state index contributed by atoms with van der Waals surface area (Å²) in [5.41, 5.74) is 1.41. The first-order valence-electron chi connectivity index (χ1n) is 6.94. The molecule has 2 N–H and O–H groups in total. The van der Waals surface area contributed by atoms with Crippen LogP contribution in [0.5, 0.6) is 0 Å². The molecule has 0 radical (unpaired) electrons. The average molecular weight is 294 g/mol. The molecule has 5 heteroatoms. The van der Waals surface area contributed by atoms with Crippen LogP contribution in [0.25, 0.3) is 10.9 Å². The number of nitrogens with zero attached hydrogens (tertiary/aromatic N) is 1. The number of benzene rings is 1. The van der Waals surface area contributed by atoms with Crippen LogP contribution in [0.2, 0.25) is 5.15 Å². The molecule has 2 rings (SSSR count). The van der Waals surface area contributed by atoms with E-state index < -0.39 is 0 Å². The number of fused-ring (bicyclic) bond motifs is 1. The number of carbonyl (C=O) groups is 1. The summed E-state index contributed by atoms with van der Waals surface area (Å²) in [4.78, 5) is 17.5. The second-order valence-corrected chi connectivity index (χ2v) is 5.02. The Morgan fingerprint density at radius 2 is 2.00 bits per heavy atom. The van der Waals surface area contributed by atoms with Crippen molar-refractivity contribution in [3.05, 3.63) is 35.0 Å². The fraction of sp³-hybridized carbons (Fsp3) is 0.400. The van der Waals surface area contributed by atoms with Gasteiger partial charge >= 0.3 is 0 Å². The lowest BCUT2D eigenvalue weighted by Gasteiger charge is -2.17. The molecule has 0 aliphatic rings. The van der Waals surface area contributed by atoms with E-state index in [0.29, 0.717) is 17.3 Å². The van der Waals surface area contributed by atoms with Crippen molar-refractivity contribution in [1.29, 1.82) is 0 Å². The third-order valence-corrected chi connectivity index (χ3v) is 3.78. The fourth-order valence-corrected chi connectivity index (χ4v) is 2.58. The number of aromatic nitrogens is 1. The standard InChI is InChI=1S/C15H20ClN3O/c1-3-19(4-2)10-9-17-15(20)13-11-7-5-6-8-12(11)18-14(13)16/h5-8,18H,3-4,9-10H2,1-2H3,(H,17,20). The smallest absolute Gasteiger partial charge is 0.255 e. The molecule has 0 bridgehead atoms. The van der Waals surface area contributed by atoms with Crippen molar-refractivity contribution in [2.45, 2.75) is 13.8 Å². The molecule has 1 aromatic heterocycles. The van der Waals surface area contributed by atoms with Crippen LogP contribution in [0.15, 0.2) is 24.3 Å². The average Bonchev–Trinajstić information content (AvgIpc) is 2.79. The van der Waals surface area contributed by atoms with Crippen LogP contribution in [0.4, 0.5) is 0 Å². The van der Waals surface area contributed by atoms with Gasteiger partial charge in [0.15, 0.2) is 0 Å². The van der Waals surface area contributed by atoms with Gasteiger partial charge in [0.1, 0.15) is 5.15 Å². The monoisotopic (exact) mass is 293 g/mol. The highest BCUT2D eigenvalue weighted by atomic mass is 35.5. The Morgan fingerprint density at radius 3 is 2.70 bits per heavy atom. The lowest BCUT2D eigenvalue weighted by molar-refractivity contribution is 0.0951. The maximum Gasteiger partial charge on any atom is 0.255 e. The van der Waals surface area contributed by atoms with Crippen LogP contribution in [-0.2, 0) is 0 Å². The van der Waals surface area contributed by atoms with Crippen molar-refractivity contribution in [2.75, 3.05) is 26.2 Å². The number of H-pyrrole nitrogens is 1. The van der Waals surface area contributed by atoms with Crippen molar-refractivity contribution in [3.8, 4) is 0 Å². The van der Waals surface area contributed by atoms with E-state index in [2.05, 4.69) is 29.0 Å². The summed E-state index contributed by atoms with van der Waals surface area (Å²) >= 11 is 6.13. The van der Waals surface area contributed by atoms with Gasteiger partial charge in [-0.05, 0) is 19.2 Å². The van der Waals surface area contributed by atoms with E-state index in [9.17, 15) is 4.79 Å². The van der Waals surface area contributed by atoms with Gasteiger partial charge in [0.2, 0.25) is 0 Å². The molecular formula is C15H20ClN3O. The summed E-state index contributed by atoms with van der Waals surface area (Å²) < 4.78 is 0. The van der Waals surface area contributed by atoms with Crippen molar-refractivity contribution in [2.24, 2.45) is 0 Å². The molecule has 0 saturated heterocycles. The van der Waals surface area contributed by atoms with Crippen LogP contribution in [0.3, 0.4) is 0 Å². The Bertz CT molecular complexity index is 590. The lowest BCUT2D eigenvalue weighted by Crippen LogP contribution is -2.34. The van der Waals surface area contributed by atoms with E-state index in [4.69, 9.17) is 11.6 Å². The van der Waals surface area contributed by atoms with Crippen LogP contribution in [0.1, 0.15) is 24.2 Å². The molecule has 0 aliphatic heterocycles. The van der Waals surface area contributed by atoms with Gasteiger partial charge in [0.25, 0.3) is 5.91 Å². The van der Waals surface area contributed by atoms with Crippen LogP contribution in [0, 0.1) is 0 Å². The summed E-state index contributed by atoms with van der Waals surface area (Å²) in [6.45, 7) is 7.67. The van der Waals surface area contributed by atoms with Crippen LogP contribution in [-0.4, -0.2) is 42.0 Å². The van der Waals surface area contributed by atoms with E-state index in [1.807, 2.05) is 24.3 Å². The highest BCUT2D eigenvalue weighted by Gasteiger charge is 2.16. The van der Waals surface area contributed by atoms with Crippen molar-refractivity contribution < 1.29 is 4.79 Å². The number of para-hydroxylation sites is 1. The molecule has 1 amide bonds. The molecule has 1 aromatic carbocycles. The molecule has 0 spiro atoms. The second kappa shape index (κ2) is 6.77. The molecule has 0 unspecified atom stereocenters. The first kappa shape index (κ1) is 14.9. The summed E-state index contributed by atoms with van der Waals surface area (Å²) in [6.07, 6.45) is 0. The molecule has 2 aromatic rings. The van der Waals surface area contributed by atoms with Gasteiger partial charge in [0.05, 0.1) is 5.56 Å². The topological polar surface area (TPSA) is 48.1 Å². The maximum absolute atomic E-state index is 12.3. The van der Waals surface area contributed by atoms with Crippen molar-refractivity contribution >= 4 is 28.4 Å². The van der Waals surface area contributed by atoms with Gasteiger partial charge in [-0.1, -0.05) is 43.6 Å². The summed E-state index contributed by atoms with van der Waals surface area (Å²) in [7, 11) is 0.